The van der Waals surface area contributed by atoms with E-state index in [0.29, 0.717) is 12.6 Å². The maximum Gasteiger partial charge on any atom is 0.227 e. The predicted molar refractivity (Wildman–Crippen MR) is 81.0 cm³/mol. The van der Waals surface area contributed by atoms with Crippen molar-refractivity contribution in [2.45, 2.75) is 39.2 Å². The van der Waals surface area contributed by atoms with Crippen LogP contribution in [0.5, 0.6) is 5.75 Å². The Morgan fingerprint density at radius 3 is 3.10 bits per heavy atom. The van der Waals surface area contributed by atoms with Crippen molar-refractivity contribution in [3.05, 3.63) is 24.3 Å². The first kappa shape index (κ1) is 14.9. The molecule has 0 aliphatic carbocycles. The Bertz CT molecular complexity index is 448. The van der Waals surface area contributed by atoms with Crippen molar-refractivity contribution >= 4 is 11.6 Å². The molecule has 0 saturated carbocycles. The number of carbonyl (C=O) groups is 1. The van der Waals surface area contributed by atoms with Gasteiger partial charge in [0.15, 0.2) is 0 Å². The lowest BCUT2D eigenvalue weighted by Gasteiger charge is -2.27. The molecule has 1 saturated heterocycles. The van der Waals surface area contributed by atoms with E-state index in [9.17, 15) is 4.79 Å². The zero-order valence-electron chi connectivity index (χ0n) is 12.3. The molecule has 0 aromatic heterocycles. The molecule has 4 nitrogen and oxygen atoms in total. The number of ether oxygens (including phenoxy) is 1. The van der Waals surface area contributed by atoms with Gasteiger partial charge in [0.1, 0.15) is 5.75 Å². The highest BCUT2D eigenvalue weighted by atomic mass is 16.5. The van der Waals surface area contributed by atoms with Crippen LogP contribution in [0.3, 0.4) is 0 Å². The number of carbonyl (C=O) groups excluding carboxylic acids is 1. The zero-order chi connectivity index (χ0) is 14.4. The lowest BCUT2D eigenvalue weighted by molar-refractivity contribution is -0.120. The summed E-state index contributed by atoms with van der Waals surface area (Å²) < 4.78 is 5.58. The molecule has 2 N–H and O–H groups in total. The van der Waals surface area contributed by atoms with Gasteiger partial charge in [-0.25, -0.2) is 0 Å². The molecule has 1 aromatic carbocycles. The summed E-state index contributed by atoms with van der Waals surface area (Å²) in [6.45, 7) is 5.81. The van der Waals surface area contributed by atoms with Gasteiger partial charge in [-0.15, -0.1) is 0 Å². The lowest BCUT2D eigenvalue weighted by atomic mass is 9.92. The van der Waals surface area contributed by atoms with Crippen LogP contribution in [0.15, 0.2) is 24.3 Å². The fraction of sp³-hybridized carbons (Fsp3) is 0.562. The molecular formula is C16H24N2O2. The molecule has 0 bridgehead atoms. The summed E-state index contributed by atoms with van der Waals surface area (Å²) in [4.78, 5) is 12.3. The first-order valence-electron chi connectivity index (χ1n) is 7.46. The van der Waals surface area contributed by atoms with Crippen molar-refractivity contribution in [2.24, 2.45) is 5.92 Å². The van der Waals surface area contributed by atoms with E-state index in [1.807, 2.05) is 24.3 Å². The van der Waals surface area contributed by atoms with Crippen molar-refractivity contribution in [1.29, 1.82) is 0 Å². The number of nitrogens with one attached hydrogen (secondary N) is 2. The lowest BCUT2D eigenvalue weighted by Crippen LogP contribution is -2.40. The molecule has 1 aliphatic rings. The summed E-state index contributed by atoms with van der Waals surface area (Å²) >= 11 is 0. The third-order valence-electron chi connectivity index (χ3n) is 3.57. The van der Waals surface area contributed by atoms with E-state index < -0.39 is 0 Å². The van der Waals surface area contributed by atoms with E-state index in [4.69, 9.17) is 4.74 Å². The third kappa shape index (κ3) is 4.23. The highest BCUT2D eigenvalue weighted by Crippen LogP contribution is 2.21. The Morgan fingerprint density at radius 2 is 2.35 bits per heavy atom. The molecule has 1 fully saturated rings. The monoisotopic (exact) mass is 276 g/mol. The van der Waals surface area contributed by atoms with Crippen molar-refractivity contribution < 1.29 is 9.53 Å². The van der Waals surface area contributed by atoms with Crippen LogP contribution in [0.2, 0.25) is 0 Å². The van der Waals surface area contributed by atoms with Crippen LogP contribution in [0.4, 0.5) is 5.69 Å². The quantitative estimate of drug-likeness (QED) is 0.869. The second-order valence-corrected chi connectivity index (χ2v) is 5.44. The average molecular weight is 276 g/mol. The number of rotatable bonds is 5. The van der Waals surface area contributed by atoms with Crippen LogP contribution in [0, 0.1) is 5.92 Å². The van der Waals surface area contributed by atoms with Crippen LogP contribution in [-0.2, 0) is 4.79 Å². The maximum atomic E-state index is 12.3. The second-order valence-electron chi connectivity index (χ2n) is 5.44. The molecule has 0 radical (unpaired) electrons. The van der Waals surface area contributed by atoms with Gasteiger partial charge in [0.25, 0.3) is 0 Å². The summed E-state index contributed by atoms with van der Waals surface area (Å²) in [5.74, 6) is 1.03. The fourth-order valence-corrected chi connectivity index (χ4v) is 2.50. The molecular weight excluding hydrogens is 252 g/mol. The minimum Gasteiger partial charge on any atom is -0.494 e. The van der Waals surface area contributed by atoms with E-state index in [2.05, 4.69) is 24.5 Å². The van der Waals surface area contributed by atoms with Gasteiger partial charge in [-0.3, -0.25) is 4.79 Å². The SMILES string of the molecule is CCCOc1cccc(NC(=O)[C@H]2CCN[C@@H](C)C2)c1. The number of hydrogen-bond acceptors (Lipinski definition) is 3. The molecule has 1 aromatic rings. The number of benzene rings is 1. The molecule has 4 heteroatoms. The van der Waals surface area contributed by atoms with Gasteiger partial charge < -0.3 is 15.4 Å². The molecule has 1 aliphatic heterocycles. The average Bonchev–Trinajstić information content (AvgIpc) is 2.45. The van der Waals surface area contributed by atoms with E-state index >= 15 is 0 Å². The van der Waals surface area contributed by atoms with Crippen LogP contribution in [-0.4, -0.2) is 25.1 Å². The fourth-order valence-electron chi connectivity index (χ4n) is 2.50. The van der Waals surface area contributed by atoms with Gasteiger partial charge in [0.05, 0.1) is 6.61 Å². The number of hydrogen-bond donors (Lipinski definition) is 2. The van der Waals surface area contributed by atoms with Crippen LogP contribution in [0.1, 0.15) is 33.1 Å². The zero-order valence-corrected chi connectivity index (χ0v) is 12.3. The van der Waals surface area contributed by atoms with Gasteiger partial charge in [0.2, 0.25) is 5.91 Å². The Labute approximate surface area is 120 Å². The Hall–Kier alpha value is -1.55. The summed E-state index contributed by atoms with van der Waals surface area (Å²) in [5.41, 5.74) is 0.815. The van der Waals surface area contributed by atoms with Gasteiger partial charge in [-0.2, -0.15) is 0 Å². The highest BCUT2D eigenvalue weighted by molar-refractivity contribution is 5.92. The van der Waals surface area contributed by atoms with Crippen molar-refractivity contribution in [3.63, 3.8) is 0 Å². The standard InChI is InChI=1S/C16H24N2O2/c1-3-9-20-15-6-4-5-14(11-15)18-16(19)13-7-8-17-12(2)10-13/h4-6,11-13,17H,3,7-10H2,1-2H3,(H,18,19)/t12-,13-/m0/s1. The van der Waals surface area contributed by atoms with E-state index in [0.717, 1.165) is 37.2 Å². The molecule has 2 atom stereocenters. The van der Waals surface area contributed by atoms with Crippen molar-refractivity contribution in [1.82, 2.24) is 5.32 Å². The predicted octanol–water partition coefficient (Wildman–Crippen LogP) is 2.80. The summed E-state index contributed by atoms with van der Waals surface area (Å²) in [6.07, 6.45) is 2.78. The van der Waals surface area contributed by atoms with Crippen molar-refractivity contribution in [3.8, 4) is 5.75 Å². The van der Waals surface area contributed by atoms with E-state index in [1.165, 1.54) is 0 Å². The van der Waals surface area contributed by atoms with E-state index in [1.54, 1.807) is 0 Å². The molecule has 1 amide bonds. The Morgan fingerprint density at radius 1 is 1.50 bits per heavy atom. The van der Waals surface area contributed by atoms with Gasteiger partial charge in [-0.05, 0) is 44.9 Å². The van der Waals surface area contributed by atoms with Crippen LogP contribution < -0.4 is 15.4 Å². The smallest absolute Gasteiger partial charge is 0.227 e. The first-order valence-corrected chi connectivity index (χ1v) is 7.46. The molecule has 2 rings (SSSR count). The summed E-state index contributed by atoms with van der Waals surface area (Å²) in [5, 5.41) is 6.37. The second kappa shape index (κ2) is 7.29. The number of amides is 1. The molecule has 110 valence electrons. The largest absolute Gasteiger partial charge is 0.494 e. The number of piperidine rings is 1. The highest BCUT2D eigenvalue weighted by Gasteiger charge is 2.24. The molecule has 0 unspecified atom stereocenters. The van der Waals surface area contributed by atoms with Crippen molar-refractivity contribution in [2.75, 3.05) is 18.5 Å². The summed E-state index contributed by atoms with van der Waals surface area (Å²) in [7, 11) is 0. The van der Waals surface area contributed by atoms with Gasteiger partial charge in [0, 0.05) is 23.7 Å². The first-order chi connectivity index (χ1) is 9.69. The van der Waals surface area contributed by atoms with Gasteiger partial charge in [-0.1, -0.05) is 13.0 Å². The molecule has 0 spiro atoms. The molecule has 1 heterocycles. The summed E-state index contributed by atoms with van der Waals surface area (Å²) in [6, 6.07) is 8.03. The minimum atomic E-state index is 0.103. The number of anilines is 1. The Balaban J connectivity index is 1.93. The van der Waals surface area contributed by atoms with E-state index in [-0.39, 0.29) is 11.8 Å². The Kier molecular flexibility index (Phi) is 5.41. The maximum absolute atomic E-state index is 12.3. The third-order valence-corrected chi connectivity index (χ3v) is 3.57. The minimum absolute atomic E-state index is 0.103. The normalized spacial score (nSPS) is 22.3. The topological polar surface area (TPSA) is 50.4 Å². The van der Waals surface area contributed by atoms with Crippen LogP contribution >= 0.6 is 0 Å². The molecule has 20 heavy (non-hydrogen) atoms. The van der Waals surface area contributed by atoms with Crippen LogP contribution in [0.25, 0.3) is 0 Å². The van der Waals surface area contributed by atoms with Gasteiger partial charge >= 0.3 is 0 Å².